The fourth-order valence-corrected chi connectivity index (χ4v) is 5.53. The Morgan fingerprint density at radius 1 is 0.929 bits per heavy atom. The third-order valence-corrected chi connectivity index (χ3v) is 8.10. The number of oxazole rings is 1. The molecule has 4 heterocycles. The van der Waals surface area contributed by atoms with E-state index in [1.54, 1.807) is 30.3 Å². The maximum absolute atomic E-state index is 6.22. The second-order valence-corrected chi connectivity index (χ2v) is 11.1. The number of hydrogen-bond acceptors (Lipinski definition) is 8. The number of aromatic amines is 1. The second-order valence-electron chi connectivity index (χ2n) is 10.3. The van der Waals surface area contributed by atoms with E-state index < -0.39 is 0 Å². The summed E-state index contributed by atoms with van der Waals surface area (Å²) in [5.41, 5.74) is 6.99. The molecule has 1 aliphatic rings. The molecular weight excluding hydrogens is 573 g/mol. The lowest BCUT2D eigenvalue weighted by molar-refractivity contribution is 0.468. The summed E-state index contributed by atoms with van der Waals surface area (Å²) in [6.45, 7) is 4.23. The quantitative estimate of drug-likeness (QED) is 0.146. The summed E-state index contributed by atoms with van der Waals surface area (Å²) in [5, 5.41) is 11.9. The topological polar surface area (TPSA) is 113 Å². The molecule has 0 saturated carbocycles. The number of rotatable bonds is 7. The maximum Gasteiger partial charge on any atom is 0.300 e. The van der Waals surface area contributed by atoms with Gasteiger partial charge in [0.2, 0.25) is 5.88 Å². The monoisotopic (exact) mass is 599 g/mol. The van der Waals surface area contributed by atoms with E-state index in [4.69, 9.17) is 32.4 Å². The van der Waals surface area contributed by atoms with Gasteiger partial charge in [-0.05, 0) is 86.9 Å². The Balaban J connectivity index is 1.11. The summed E-state index contributed by atoms with van der Waals surface area (Å²) in [4.78, 5) is 16.8. The Kier molecular flexibility index (Phi) is 7.07. The molecule has 0 aliphatic carbocycles. The van der Waals surface area contributed by atoms with Crippen LogP contribution in [0.25, 0.3) is 33.4 Å². The van der Waals surface area contributed by atoms with Gasteiger partial charge in [0.15, 0.2) is 5.58 Å². The molecule has 3 aromatic carbocycles. The second kappa shape index (κ2) is 11.2. The molecule has 3 aromatic heterocycles. The smallest absolute Gasteiger partial charge is 0.300 e. The van der Waals surface area contributed by atoms with E-state index in [0.29, 0.717) is 56.2 Å². The van der Waals surface area contributed by atoms with Gasteiger partial charge in [-0.25, -0.2) is 9.97 Å². The lowest BCUT2D eigenvalue weighted by atomic mass is 10.0. The molecule has 0 spiro atoms. The lowest BCUT2D eigenvalue weighted by Gasteiger charge is -2.25. The Labute approximate surface area is 251 Å². The largest absolute Gasteiger partial charge is 0.438 e. The molecule has 0 atom stereocenters. The number of fused-ring (bicyclic) bond motifs is 2. The molecule has 1 aliphatic heterocycles. The van der Waals surface area contributed by atoms with E-state index in [-0.39, 0.29) is 0 Å². The highest BCUT2D eigenvalue weighted by Gasteiger charge is 2.16. The fourth-order valence-electron chi connectivity index (χ4n) is 5.23. The predicted octanol–water partition coefficient (Wildman–Crippen LogP) is 8.08. The summed E-state index contributed by atoms with van der Waals surface area (Å²) < 4.78 is 12.1. The number of ether oxygens (including phenoxy) is 1. The van der Waals surface area contributed by atoms with Crippen LogP contribution < -0.4 is 20.7 Å². The number of halogens is 2. The zero-order valence-electron chi connectivity index (χ0n) is 22.7. The molecule has 7 rings (SSSR count). The maximum atomic E-state index is 6.22. The molecule has 212 valence electrons. The fraction of sp³-hybridized carbons (Fsp3) is 0.194. The Hall–Kier alpha value is -4.31. The van der Waals surface area contributed by atoms with Gasteiger partial charge < -0.3 is 30.1 Å². The molecule has 1 saturated heterocycles. The van der Waals surface area contributed by atoms with Crippen LogP contribution in [0.5, 0.6) is 11.6 Å². The summed E-state index contributed by atoms with van der Waals surface area (Å²) in [5.74, 6) is 1.02. The van der Waals surface area contributed by atoms with Gasteiger partial charge in [0.1, 0.15) is 23.2 Å². The van der Waals surface area contributed by atoms with Gasteiger partial charge >= 0.3 is 0 Å². The minimum atomic E-state index is 0.326. The predicted molar refractivity (Wildman–Crippen MR) is 167 cm³/mol. The normalized spacial score (nSPS) is 14.0. The minimum absolute atomic E-state index is 0.326. The van der Waals surface area contributed by atoms with Crippen LogP contribution in [-0.4, -0.2) is 39.1 Å². The van der Waals surface area contributed by atoms with Gasteiger partial charge in [-0.2, -0.15) is 4.98 Å². The molecule has 0 amide bonds. The van der Waals surface area contributed by atoms with Crippen LogP contribution in [0, 0.1) is 6.92 Å². The third-order valence-electron chi connectivity index (χ3n) is 7.36. The number of nitrogens with zero attached hydrogens (tertiary/aromatic N) is 3. The molecule has 11 heteroatoms. The highest BCUT2D eigenvalue weighted by atomic mass is 35.5. The van der Waals surface area contributed by atoms with Crippen LogP contribution in [-0.2, 0) is 0 Å². The highest BCUT2D eigenvalue weighted by Crippen LogP contribution is 2.34. The first kappa shape index (κ1) is 26.6. The average Bonchev–Trinajstić information content (AvgIpc) is 3.60. The minimum Gasteiger partial charge on any atom is -0.438 e. The van der Waals surface area contributed by atoms with Crippen molar-refractivity contribution in [2.75, 3.05) is 23.7 Å². The van der Waals surface area contributed by atoms with E-state index in [9.17, 15) is 0 Å². The first-order chi connectivity index (χ1) is 20.5. The summed E-state index contributed by atoms with van der Waals surface area (Å²) in [6, 6.07) is 20.0. The average molecular weight is 601 g/mol. The van der Waals surface area contributed by atoms with Crippen LogP contribution >= 0.6 is 23.2 Å². The van der Waals surface area contributed by atoms with Crippen molar-refractivity contribution in [2.24, 2.45) is 0 Å². The molecule has 42 heavy (non-hydrogen) atoms. The third kappa shape index (κ3) is 5.46. The van der Waals surface area contributed by atoms with Gasteiger partial charge in [-0.15, -0.1) is 0 Å². The van der Waals surface area contributed by atoms with Crippen molar-refractivity contribution >= 4 is 62.7 Å². The Morgan fingerprint density at radius 2 is 1.79 bits per heavy atom. The molecule has 0 bridgehead atoms. The van der Waals surface area contributed by atoms with Gasteiger partial charge in [0, 0.05) is 34.7 Å². The highest BCUT2D eigenvalue weighted by molar-refractivity contribution is 6.42. The first-order valence-electron chi connectivity index (χ1n) is 13.7. The zero-order chi connectivity index (χ0) is 28.6. The van der Waals surface area contributed by atoms with Crippen molar-refractivity contribution in [2.45, 2.75) is 25.8 Å². The van der Waals surface area contributed by atoms with Crippen LogP contribution in [0.1, 0.15) is 18.4 Å². The van der Waals surface area contributed by atoms with Crippen molar-refractivity contribution in [3.05, 3.63) is 82.6 Å². The van der Waals surface area contributed by atoms with Crippen molar-refractivity contribution in [3.63, 3.8) is 0 Å². The van der Waals surface area contributed by atoms with E-state index >= 15 is 0 Å². The number of hydrogen-bond donors (Lipinski definition) is 4. The summed E-state index contributed by atoms with van der Waals surface area (Å²) in [7, 11) is 0. The molecule has 0 unspecified atom stereocenters. The van der Waals surface area contributed by atoms with Gasteiger partial charge in [-0.1, -0.05) is 29.3 Å². The lowest BCUT2D eigenvalue weighted by Crippen LogP contribution is -2.35. The van der Waals surface area contributed by atoms with Gasteiger partial charge in [0.25, 0.3) is 6.01 Å². The molecule has 6 aromatic rings. The van der Waals surface area contributed by atoms with E-state index in [2.05, 4.69) is 61.0 Å². The molecule has 4 N–H and O–H groups in total. The SMILES string of the molecule is Cc1cc(NC2CCNCC2)ccc1-c1cc2c(Oc3ccc4oc(Nc5ccc(Cl)c(Cl)c5)nc4c3)ncnc2[nH]1. The zero-order valence-corrected chi connectivity index (χ0v) is 24.2. The van der Waals surface area contributed by atoms with E-state index in [1.807, 2.05) is 12.1 Å². The number of anilines is 3. The van der Waals surface area contributed by atoms with Crippen LogP contribution in [0.3, 0.4) is 0 Å². The number of benzene rings is 3. The molecule has 9 nitrogen and oxygen atoms in total. The van der Waals surface area contributed by atoms with Crippen molar-refractivity contribution in [1.29, 1.82) is 0 Å². The van der Waals surface area contributed by atoms with Crippen LogP contribution in [0.15, 0.2) is 71.4 Å². The number of aromatic nitrogens is 4. The van der Waals surface area contributed by atoms with Crippen LogP contribution in [0.4, 0.5) is 17.4 Å². The number of nitrogens with one attached hydrogen (secondary N) is 4. The van der Waals surface area contributed by atoms with Crippen molar-refractivity contribution in [1.82, 2.24) is 25.3 Å². The number of piperidine rings is 1. The Bertz CT molecular complexity index is 1910. The molecular formula is C31H27Cl2N7O2. The van der Waals surface area contributed by atoms with Crippen LogP contribution in [0.2, 0.25) is 10.0 Å². The summed E-state index contributed by atoms with van der Waals surface area (Å²) >= 11 is 12.1. The van der Waals surface area contributed by atoms with E-state index in [0.717, 1.165) is 53.8 Å². The van der Waals surface area contributed by atoms with E-state index in [1.165, 1.54) is 6.33 Å². The van der Waals surface area contributed by atoms with Gasteiger partial charge in [0.05, 0.1) is 15.4 Å². The molecule has 1 fully saturated rings. The summed E-state index contributed by atoms with van der Waals surface area (Å²) in [6.07, 6.45) is 3.75. The van der Waals surface area contributed by atoms with Crippen molar-refractivity contribution < 1.29 is 9.15 Å². The number of H-pyrrole nitrogens is 1. The van der Waals surface area contributed by atoms with Gasteiger partial charge in [-0.3, -0.25) is 0 Å². The Morgan fingerprint density at radius 3 is 2.62 bits per heavy atom. The molecule has 0 radical (unpaired) electrons. The number of aryl methyl sites for hydroxylation is 1. The standard InChI is InChI=1S/C31H27Cl2N7O2/c1-17-12-19(37-18-8-10-34-11-9-18)2-5-22(17)26-15-23-29(39-26)35-16-36-30(23)41-21-4-7-28-27(14-21)40-31(42-28)38-20-3-6-24(32)25(33)13-20/h2-7,12-16,18,34,37H,8-11H2,1H3,(H,38,40)(H,35,36,39). The first-order valence-corrected chi connectivity index (χ1v) is 14.5. The van der Waals surface area contributed by atoms with Crippen molar-refractivity contribution in [3.8, 4) is 22.9 Å².